The third-order valence-electron chi connectivity index (χ3n) is 9.35. The van der Waals surface area contributed by atoms with E-state index in [-0.39, 0.29) is 29.4 Å². The van der Waals surface area contributed by atoms with Crippen molar-refractivity contribution < 1.29 is 19.1 Å². The molecule has 6 rings (SSSR count). The van der Waals surface area contributed by atoms with Gasteiger partial charge in [0.25, 0.3) is 5.91 Å². The van der Waals surface area contributed by atoms with E-state index in [0.29, 0.717) is 24.2 Å². The average molecular weight is 586 g/mol. The standard InChI is InChI=1S/C34H43N5O4/c1-34(2)19-29-32(26-6-4-5-7-28(26)39(29)30(40)20-34)22-8-13-25(33(35)42)27(18-22)36-23-9-11-24(12-10-23)43-31(41)21-38-16-14-37(3)15-17-38/h4-8,13,18,23-24,36H,9-12,14-17,19-21H2,1-3H3,(H2,35,42). The minimum absolute atomic E-state index is 0.0833. The third kappa shape index (κ3) is 6.19. The summed E-state index contributed by atoms with van der Waals surface area (Å²) in [6.07, 6.45) is 4.38. The number of likely N-dealkylation sites (N-methyl/N-ethyl adjacent to an activating group) is 1. The van der Waals surface area contributed by atoms with Crippen LogP contribution in [-0.4, -0.2) is 84.1 Å². The van der Waals surface area contributed by atoms with Gasteiger partial charge < -0.3 is 20.7 Å². The monoisotopic (exact) mass is 585 g/mol. The Morgan fingerprint density at radius 3 is 2.44 bits per heavy atom. The van der Waals surface area contributed by atoms with Gasteiger partial charge in [0.1, 0.15) is 6.10 Å². The van der Waals surface area contributed by atoms with E-state index in [1.807, 2.05) is 34.9 Å². The second kappa shape index (κ2) is 11.8. The van der Waals surface area contributed by atoms with E-state index in [4.69, 9.17) is 10.5 Å². The molecule has 3 aliphatic rings. The van der Waals surface area contributed by atoms with Gasteiger partial charge in [0, 0.05) is 61.0 Å². The van der Waals surface area contributed by atoms with Gasteiger partial charge in [-0.15, -0.1) is 0 Å². The second-order valence-electron chi connectivity index (χ2n) is 13.4. The lowest BCUT2D eigenvalue weighted by atomic mass is 9.80. The van der Waals surface area contributed by atoms with E-state index < -0.39 is 5.91 Å². The van der Waals surface area contributed by atoms with E-state index in [9.17, 15) is 14.4 Å². The molecule has 2 aliphatic heterocycles. The molecule has 1 aliphatic carbocycles. The summed E-state index contributed by atoms with van der Waals surface area (Å²) < 4.78 is 7.73. The molecule has 2 aromatic carbocycles. The van der Waals surface area contributed by atoms with Crippen LogP contribution in [-0.2, 0) is 16.0 Å². The number of ether oxygens (including phenoxy) is 1. The van der Waals surface area contributed by atoms with E-state index >= 15 is 0 Å². The predicted molar refractivity (Wildman–Crippen MR) is 168 cm³/mol. The lowest BCUT2D eigenvalue weighted by Gasteiger charge is -2.33. The predicted octanol–water partition coefficient (Wildman–Crippen LogP) is 4.53. The Hall–Kier alpha value is -3.69. The first-order valence-corrected chi connectivity index (χ1v) is 15.5. The van der Waals surface area contributed by atoms with Crippen LogP contribution < -0.4 is 11.1 Å². The number of aromatic nitrogens is 1. The van der Waals surface area contributed by atoms with Crippen molar-refractivity contribution in [2.24, 2.45) is 11.1 Å². The van der Waals surface area contributed by atoms with Crippen molar-refractivity contribution in [2.45, 2.75) is 64.5 Å². The molecule has 43 heavy (non-hydrogen) atoms. The number of hydrogen-bond donors (Lipinski definition) is 2. The van der Waals surface area contributed by atoms with Crippen LogP contribution in [0.4, 0.5) is 5.69 Å². The van der Waals surface area contributed by atoms with Crippen LogP contribution in [0, 0.1) is 5.41 Å². The molecule has 2 fully saturated rings. The highest BCUT2D eigenvalue weighted by molar-refractivity contribution is 6.06. The number of primary amides is 1. The first-order valence-electron chi connectivity index (χ1n) is 15.5. The number of para-hydroxylation sites is 1. The number of esters is 1. The second-order valence-corrected chi connectivity index (χ2v) is 13.4. The molecule has 0 bridgehead atoms. The molecular weight excluding hydrogens is 542 g/mol. The Bertz CT molecular complexity index is 1540. The SMILES string of the molecule is CN1CCN(CC(=O)OC2CCC(Nc3cc(-c4c5n(c6ccccc46)C(=O)CC(C)(C)C5)ccc3C(N)=O)CC2)CC1. The van der Waals surface area contributed by atoms with Crippen LogP contribution in [0.5, 0.6) is 0 Å². The molecule has 1 saturated carbocycles. The van der Waals surface area contributed by atoms with Crippen LogP contribution in [0.2, 0.25) is 0 Å². The summed E-state index contributed by atoms with van der Waals surface area (Å²) in [6.45, 7) is 8.34. The molecule has 0 atom stereocenters. The van der Waals surface area contributed by atoms with Crippen molar-refractivity contribution in [3.63, 3.8) is 0 Å². The van der Waals surface area contributed by atoms with E-state index in [0.717, 1.165) is 86.0 Å². The number of anilines is 1. The summed E-state index contributed by atoms with van der Waals surface area (Å²) in [5.74, 6) is -0.517. The largest absolute Gasteiger partial charge is 0.461 e. The first kappa shape index (κ1) is 29.4. The fraction of sp³-hybridized carbons (Fsp3) is 0.500. The van der Waals surface area contributed by atoms with Crippen molar-refractivity contribution in [2.75, 3.05) is 45.1 Å². The quantitative estimate of drug-likeness (QED) is 0.392. The van der Waals surface area contributed by atoms with Gasteiger partial charge in [-0.25, -0.2) is 0 Å². The smallest absolute Gasteiger partial charge is 0.320 e. The lowest BCUT2D eigenvalue weighted by molar-refractivity contribution is -0.152. The number of amides is 1. The van der Waals surface area contributed by atoms with Crippen LogP contribution in [0.25, 0.3) is 22.0 Å². The van der Waals surface area contributed by atoms with E-state index in [1.165, 1.54) is 0 Å². The number of nitrogens with one attached hydrogen (secondary N) is 1. The summed E-state index contributed by atoms with van der Waals surface area (Å²) in [5, 5.41) is 4.63. The molecule has 3 N–H and O–H groups in total. The van der Waals surface area contributed by atoms with Crippen LogP contribution in [0.15, 0.2) is 42.5 Å². The molecule has 9 heteroatoms. The highest BCUT2D eigenvalue weighted by Crippen LogP contribution is 2.43. The van der Waals surface area contributed by atoms with E-state index in [2.05, 4.69) is 42.1 Å². The number of nitrogens with two attached hydrogens (primary N) is 1. The molecule has 1 amide bonds. The zero-order valence-corrected chi connectivity index (χ0v) is 25.5. The number of fused-ring (bicyclic) bond motifs is 3. The van der Waals surface area contributed by atoms with Crippen molar-refractivity contribution in [1.29, 1.82) is 0 Å². The molecule has 3 aromatic rings. The maximum atomic E-state index is 13.3. The molecule has 3 heterocycles. The van der Waals surface area contributed by atoms with Gasteiger partial charge in [0.05, 0.1) is 17.6 Å². The number of benzene rings is 2. The number of rotatable bonds is 7. The van der Waals surface area contributed by atoms with Gasteiger partial charge in [-0.1, -0.05) is 38.1 Å². The summed E-state index contributed by atoms with van der Waals surface area (Å²) >= 11 is 0. The van der Waals surface area contributed by atoms with E-state index in [1.54, 1.807) is 6.07 Å². The molecular formula is C34H43N5O4. The van der Waals surface area contributed by atoms with Gasteiger partial charge in [-0.05, 0) is 68.3 Å². The number of hydrogen-bond acceptors (Lipinski definition) is 7. The zero-order valence-electron chi connectivity index (χ0n) is 25.5. The zero-order chi connectivity index (χ0) is 30.3. The van der Waals surface area contributed by atoms with Crippen molar-refractivity contribution in [1.82, 2.24) is 14.4 Å². The summed E-state index contributed by atoms with van der Waals surface area (Å²) in [5.41, 5.74) is 10.7. The third-order valence-corrected chi connectivity index (χ3v) is 9.35. The number of carbonyl (C=O) groups is 3. The highest BCUT2D eigenvalue weighted by atomic mass is 16.5. The van der Waals surface area contributed by atoms with Gasteiger partial charge in [-0.3, -0.25) is 23.9 Å². The fourth-order valence-corrected chi connectivity index (χ4v) is 7.06. The lowest BCUT2D eigenvalue weighted by Crippen LogP contribution is -2.47. The average Bonchev–Trinajstić information content (AvgIpc) is 3.28. The van der Waals surface area contributed by atoms with Crippen LogP contribution in [0.3, 0.4) is 0 Å². The maximum Gasteiger partial charge on any atom is 0.320 e. The minimum Gasteiger partial charge on any atom is -0.461 e. The van der Waals surface area contributed by atoms with Gasteiger partial charge in [-0.2, -0.15) is 0 Å². The molecule has 0 radical (unpaired) electrons. The molecule has 0 unspecified atom stereocenters. The first-order chi connectivity index (χ1) is 20.6. The summed E-state index contributed by atoms with van der Waals surface area (Å²) in [6, 6.07) is 13.9. The Balaban J connectivity index is 1.19. The molecule has 9 nitrogen and oxygen atoms in total. The number of carbonyl (C=O) groups excluding carboxylic acids is 3. The normalized spacial score (nSPS) is 22.7. The Morgan fingerprint density at radius 2 is 1.72 bits per heavy atom. The summed E-state index contributed by atoms with van der Waals surface area (Å²) in [7, 11) is 2.10. The Kier molecular flexibility index (Phi) is 8.04. The van der Waals surface area contributed by atoms with Crippen molar-refractivity contribution >= 4 is 34.4 Å². The van der Waals surface area contributed by atoms with Crippen molar-refractivity contribution in [3.8, 4) is 11.1 Å². The topological polar surface area (TPSA) is 110 Å². The minimum atomic E-state index is -0.486. The van der Waals surface area contributed by atoms with Crippen molar-refractivity contribution in [3.05, 3.63) is 53.7 Å². The molecule has 1 aromatic heterocycles. The van der Waals surface area contributed by atoms with Gasteiger partial charge in [0.15, 0.2) is 0 Å². The van der Waals surface area contributed by atoms with Crippen LogP contribution >= 0.6 is 0 Å². The molecule has 1 saturated heterocycles. The summed E-state index contributed by atoms with van der Waals surface area (Å²) in [4.78, 5) is 42.8. The number of nitrogens with zero attached hydrogens (tertiary/aromatic N) is 3. The van der Waals surface area contributed by atoms with Crippen LogP contribution in [0.1, 0.15) is 66.8 Å². The Labute approximate surface area is 253 Å². The highest BCUT2D eigenvalue weighted by Gasteiger charge is 2.35. The van der Waals surface area contributed by atoms with Gasteiger partial charge in [0.2, 0.25) is 5.91 Å². The Morgan fingerprint density at radius 1 is 1.00 bits per heavy atom. The van der Waals surface area contributed by atoms with Gasteiger partial charge >= 0.3 is 5.97 Å². The molecule has 0 spiro atoms. The molecule has 228 valence electrons. The maximum absolute atomic E-state index is 13.3. The number of piperazine rings is 1. The fourth-order valence-electron chi connectivity index (χ4n) is 7.06.